The first-order valence-corrected chi connectivity index (χ1v) is 7.21. The van der Waals surface area contributed by atoms with Gasteiger partial charge in [-0.2, -0.15) is 0 Å². The lowest BCUT2D eigenvalue weighted by Crippen LogP contribution is -1.97. The molecule has 2 aromatic carbocycles. The van der Waals surface area contributed by atoms with E-state index in [9.17, 15) is 8.42 Å². The summed E-state index contributed by atoms with van der Waals surface area (Å²) in [5.41, 5.74) is 0.222. The molecule has 19 heavy (non-hydrogen) atoms. The molecule has 2 rings (SSSR count). The van der Waals surface area contributed by atoms with Crippen molar-refractivity contribution in [1.82, 2.24) is 0 Å². The molecule has 4 nitrogen and oxygen atoms in total. The molecule has 0 bridgehead atoms. The van der Waals surface area contributed by atoms with Crippen molar-refractivity contribution in [2.45, 2.75) is 4.90 Å². The predicted molar refractivity (Wildman–Crippen MR) is 74.7 cm³/mol. The van der Waals surface area contributed by atoms with Gasteiger partial charge in [-0.05, 0) is 30.3 Å². The molecule has 0 N–H and O–H groups in total. The third-order valence-electron chi connectivity index (χ3n) is 2.43. The Kier molecular flexibility index (Phi) is 3.97. The first-order chi connectivity index (χ1) is 9.03. The smallest absolute Gasteiger partial charge is 0.123 e. The van der Waals surface area contributed by atoms with Gasteiger partial charge in [-0.25, -0.2) is 8.42 Å². The van der Waals surface area contributed by atoms with E-state index in [4.69, 9.17) is 16.3 Å². The van der Waals surface area contributed by atoms with Gasteiger partial charge in [0.25, 0.3) is 0 Å². The molecule has 0 radical (unpaired) electrons. The summed E-state index contributed by atoms with van der Waals surface area (Å²) in [4.78, 5) is 0.0909. The van der Waals surface area contributed by atoms with Crippen LogP contribution < -0.4 is 4.74 Å². The number of benzene rings is 2. The van der Waals surface area contributed by atoms with Crippen LogP contribution in [-0.4, -0.2) is 15.5 Å². The number of methoxy groups -OCH3 is 1. The second kappa shape index (κ2) is 5.50. The third-order valence-corrected chi connectivity index (χ3v) is 4.05. The van der Waals surface area contributed by atoms with E-state index >= 15 is 0 Å². The molecule has 0 unspecified atom stereocenters. The highest BCUT2D eigenvalue weighted by molar-refractivity contribution is 7.94. The lowest BCUT2D eigenvalue weighted by molar-refractivity contribution is 0.414. The quantitative estimate of drug-likeness (QED) is 0.863. The third kappa shape index (κ3) is 3.19. The second-order valence-corrected chi connectivity index (χ2v) is 5.70. The number of hydrogen-bond acceptors (Lipinski definition) is 3. The van der Waals surface area contributed by atoms with Crippen LogP contribution >= 0.6 is 11.6 Å². The molecular weight excluding hydrogens is 286 g/mol. The molecule has 0 saturated carbocycles. The van der Waals surface area contributed by atoms with E-state index in [0.717, 1.165) is 0 Å². The molecule has 100 valence electrons. The Morgan fingerprint density at radius 2 is 1.68 bits per heavy atom. The van der Waals surface area contributed by atoms with Crippen molar-refractivity contribution in [3.05, 3.63) is 58.3 Å². The Morgan fingerprint density at radius 1 is 1.05 bits per heavy atom. The maximum absolute atomic E-state index is 12.1. The van der Waals surface area contributed by atoms with Crippen molar-refractivity contribution in [1.29, 1.82) is 0 Å². The molecule has 0 amide bonds. The minimum atomic E-state index is -3.78. The molecule has 0 aromatic heterocycles. The van der Waals surface area contributed by atoms with E-state index in [1.54, 1.807) is 36.4 Å². The number of nitrogens with zero attached hydrogens (tertiary/aromatic N) is 1. The predicted octanol–water partition coefficient (Wildman–Crippen LogP) is 3.74. The average Bonchev–Trinajstić information content (AvgIpc) is 2.41. The summed E-state index contributed by atoms with van der Waals surface area (Å²) < 4.78 is 32.9. The summed E-state index contributed by atoms with van der Waals surface area (Å²) in [6, 6.07) is 12.5. The summed E-state index contributed by atoms with van der Waals surface area (Å²) in [5, 5.41) is 0.291. The fourth-order valence-corrected chi connectivity index (χ4v) is 2.69. The highest BCUT2D eigenvalue weighted by Gasteiger charge is 2.05. The maximum atomic E-state index is 12.1. The minimum absolute atomic E-state index is 0.0909. The van der Waals surface area contributed by atoms with Gasteiger partial charge >= 0.3 is 0 Å². The van der Waals surface area contributed by atoms with Gasteiger partial charge in [0.05, 0.1) is 12.0 Å². The molecule has 0 aliphatic carbocycles. The molecule has 0 fully saturated rings. The lowest BCUT2D eigenvalue weighted by atomic mass is 10.3. The number of hydrogen-bond donors (Lipinski definition) is 0. The van der Waals surface area contributed by atoms with Crippen LogP contribution in [0.3, 0.4) is 0 Å². The van der Waals surface area contributed by atoms with Gasteiger partial charge in [-0.1, -0.05) is 29.8 Å². The van der Waals surface area contributed by atoms with E-state index in [-0.39, 0.29) is 10.6 Å². The van der Waals surface area contributed by atoms with E-state index in [0.29, 0.717) is 10.8 Å². The SMILES string of the molecule is COc1ccc(S(=O)(=O)[N-]c2ccccc2Cl)cc1. The largest absolute Gasteiger partial charge is 0.572 e. The van der Waals surface area contributed by atoms with Crippen LogP contribution in [0.5, 0.6) is 5.75 Å². The standard InChI is InChI=1S/C13H11ClNO3S/c1-18-10-6-8-11(9-7-10)19(16,17)15-13-5-3-2-4-12(13)14/h2-9H,1H3/q-1. The number of ether oxygens (including phenoxy) is 1. The van der Waals surface area contributed by atoms with Crippen LogP contribution in [0.25, 0.3) is 4.72 Å². The van der Waals surface area contributed by atoms with Crippen LogP contribution in [0.15, 0.2) is 53.4 Å². The van der Waals surface area contributed by atoms with Crippen molar-refractivity contribution >= 4 is 27.3 Å². The molecular formula is C13H11ClNO3S-. The molecule has 0 atom stereocenters. The monoisotopic (exact) mass is 296 g/mol. The van der Waals surface area contributed by atoms with Crippen LogP contribution in [0.2, 0.25) is 5.02 Å². The molecule has 0 aliphatic heterocycles. The molecule has 0 aliphatic rings. The number of rotatable bonds is 4. The Morgan fingerprint density at radius 3 is 2.26 bits per heavy atom. The maximum Gasteiger partial charge on any atom is 0.123 e. The van der Waals surface area contributed by atoms with Crippen molar-refractivity contribution in [2.24, 2.45) is 0 Å². The Labute approximate surface area is 117 Å². The average molecular weight is 297 g/mol. The number of halogens is 1. The Hall–Kier alpha value is -1.72. The van der Waals surface area contributed by atoms with Gasteiger partial charge in [-0.3, -0.25) is 0 Å². The summed E-state index contributed by atoms with van der Waals surface area (Å²) in [5.74, 6) is 0.580. The summed E-state index contributed by atoms with van der Waals surface area (Å²) in [6.45, 7) is 0. The second-order valence-electron chi connectivity index (χ2n) is 3.69. The van der Waals surface area contributed by atoms with E-state index in [1.165, 1.54) is 19.2 Å². The Balaban J connectivity index is 2.30. The van der Waals surface area contributed by atoms with Gasteiger partial charge in [-0.15, -0.1) is 5.69 Å². The van der Waals surface area contributed by atoms with Crippen LogP contribution in [-0.2, 0) is 10.0 Å². The first kappa shape index (κ1) is 13.7. The van der Waals surface area contributed by atoms with Gasteiger partial charge in [0, 0.05) is 5.02 Å². The number of sulfonamides is 1. The van der Waals surface area contributed by atoms with Gasteiger partial charge in [0.1, 0.15) is 15.8 Å². The zero-order valence-electron chi connectivity index (χ0n) is 10.1. The fourth-order valence-electron chi connectivity index (χ4n) is 1.46. The van der Waals surface area contributed by atoms with Crippen molar-refractivity contribution in [3.63, 3.8) is 0 Å². The summed E-state index contributed by atoms with van der Waals surface area (Å²) in [7, 11) is -2.26. The summed E-state index contributed by atoms with van der Waals surface area (Å²) in [6.07, 6.45) is 0. The van der Waals surface area contributed by atoms with Crippen LogP contribution in [0, 0.1) is 0 Å². The molecule has 0 saturated heterocycles. The Bertz CT molecular complexity index is 669. The van der Waals surface area contributed by atoms with Crippen molar-refractivity contribution in [3.8, 4) is 5.75 Å². The molecule has 2 aromatic rings. The van der Waals surface area contributed by atoms with Crippen molar-refractivity contribution < 1.29 is 13.2 Å². The molecule has 0 spiro atoms. The highest BCUT2D eigenvalue weighted by atomic mass is 35.5. The van der Waals surface area contributed by atoms with Crippen LogP contribution in [0.1, 0.15) is 0 Å². The zero-order valence-corrected chi connectivity index (χ0v) is 11.6. The molecule has 0 heterocycles. The highest BCUT2D eigenvalue weighted by Crippen LogP contribution is 2.33. The van der Waals surface area contributed by atoms with Gasteiger partial charge < -0.3 is 9.46 Å². The van der Waals surface area contributed by atoms with Crippen LogP contribution in [0.4, 0.5) is 5.69 Å². The normalized spacial score (nSPS) is 11.1. The van der Waals surface area contributed by atoms with E-state index < -0.39 is 10.0 Å². The van der Waals surface area contributed by atoms with E-state index in [1.807, 2.05) is 0 Å². The van der Waals surface area contributed by atoms with Gasteiger partial charge in [0.2, 0.25) is 0 Å². The fraction of sp³-hybridized carbons (Fsp3) is 0.0769. The minimum Gasteiger partial charge on any atom is -0.572 e. The lowest BCUT2D eigenvalue weighted by Gasteiger charge is -2.23. The van der Waals surface area contributed by atoms with E-state index in [2.05, 4.69) is 4.72 Å². The topological polar surface area (TPSA) is 57.5 Å². The zero-order chi connectivity index (χ0) is 13.9. The molecule has 6 heteroatoms. The first-order valence-electron chi connectivity index (χ1n) is 5.39. The van der Waals surface area contributed by atoms with Gasteiger partial charge in [0.15, 0.2) is 0 Å². The summed E-state index contributed by atoms with van der Waals surface area (Å²) >= 11 is 5.89. The van der Waals surface area contributed by atoms with Crippen molar-refractivity contribution in [2.75, 3.05) is 7.11 Å².